The highest BCUT2D eigenvalue weighted by molar-refractivity contribution is 7.80. The minimum absolute atomic E-state index is 0.243. The van der Waals surface area contributed by atoms with Crippen LogP contribution in [0.2, 0.25) is 5.02 Å². The zero-order valence-electron chi connectivity index (χ0n) is 18.3. The first-order valence-electron chi connectivity index (χ1n) is 10.7. The van der Waals surface area contributed by atoms with Gasteiger partial charge in [-0.1, -0.05) is 23.7 Å². The average Bonchev–Trinajstić information content (AvgIpc) is 3.28. The molecule has 1 aliphatic rings. The van der Waals surface area contributed by atoms with Gasteiger partial charge in [-0.25, -0.2) is 0 Å². The molecule has 0 spiro atoms. The second-order valence-electron chi connectivity index (χ2n) is 7.79. The van der Waals surface area contributed by atoms with Crippen molar-refractivity contribution in [3.8, 4) is 11.3 Å². The van der Waals surface area contributed by atoms with Crippen LogP contribution >= 0.6 is 23.8 Å². The molecule has 2 aromatic carbocycles. The molecule has 0 saturated carbocycles. The lowest BCUT2D eigenvalue weighted by Crippen LogP contribution is -2.45. The summed E-state index contributed by atoms with van der Waals surface area (Å²) in [6, 6.07) is 19.0. The lowest BCUT2D eigenvalue weighted by atomic mass is 10.2. The van der Waals surface area contributed by atoms with Gasteiger partial charge in [0.15, 0.2) is 5.11 Å². The molecule has 6 nitrogen and oxygen atoms in total. The van der Waals surface area contributed by atoms with Crippen molar-refractivity contribution in [2.75, 3.05) is 43.4 Å². The molecule has 4 rings (SSSR count). The minimum Gasteiger partial charge on any atom is -0.457 e. The van der Waals surface area contributed by atoms with E-state index in [9.17, 15) is 4.79 Å². The Labute approximate surface area is 203 Å². The number of benzene rings is 2. The average molecular weight is 481 g/mol. The lowest BCUT2D eigenvalue weighted by Gasteiger charge is -2.35. The number of amides is 1. The van der Waals surface area contributed by atoms with Crippen molar-refractivity contribution in [1.82, 2.24) is 10.2 Å². The summed E-state index contributed by atoms with van der Waals surface area (Å²) in [5.41, 5.74) is 2.85. The maximum absolute atomic E-state index is 12.4. The first kappa shape index (κ1) is 23.0. The van der Waals surface area contributed by atoms with E-state index in [-0.39, 0.29) is 11.0 Å². The predicted octanol–water partition coefficient (Wildman–Crippen LogP) is 4.88. The summed E-state index contributed by atoms with van der Waals surface area (Å²) in [4.78, 5) is 17.0. The quantitative estimate of drug-likeness (QED) is 0.401. The summed E-state index contributed by atoms with van der Waals surface area (Å²) in [7, 11) is 2.13. The third-order valence-electron chi connectivity index (χ3n) is 5.39. The second kappa shape index (κ2) is 10.7. The van der Waals surface area contributed by atoms with Gasteiger partial charge < -0.3 is 19.5 Å². The molecule has 0 bridgehead atoms. The van der Waals surface area contributed by atoms with Gasteiger partial charge >= 0.3 is 0 Å². The number of carbonyl (C=O) groups excluding carboxylic acids is 1. The number of halogens is 1. The number of carbonyl (C=O) groups is 1. The van der Waals surface area contributed by atoms with E-state index in [0.717, 1.165) is 43.1 Å². The van der Waals surface area contributed by atoms with E-state index in [1.54, 1.807) is 24.3 Å². The SMILES string of the molecule is CN1CCN(c2ccccc2NC(=S)NC(=O)C=Cc2ccc(-c3ccc(Cl)cc3)o2)CC1. The number of rotatable bonds is 5. The van der Waals surface area contributed by atoms with Gasteiger partial charge in [-0.15, -0.1) is 0 Å². The van der Waals surface area contributed by atoms with E-state index in [1.807, 2.05) is 36.4 Å². The van der Waals surface area contributed by atoms with Gasteiger partial charge in [0.2, 0.25) is 5.91 Å². The van der Waals surface area contributed by atoms with Crippen LogP contribution in [0, 0.1) is 0 Å². The van der Waals surface area contributed by atoms with Crippen LogP contribution in [0.1, 0.15) is 5.76 Å². The van der Waals surface area contributed by atoms with Crippen LogP contribution in [0.25, 0.3) is 17.4 Å². The third-order valence-corrected chi connectivity index (χ3v) is 5.84. The molecular weight excluding hydrogens is 456 g/mol. The van der Waals surface area contributed by atoms with E-state index in [2.05, 4.69) is 33.5 Å². The number of hydrogen-bond donors (Lipinski definition) is 2. The van der Waals surface area contributed by atoms with Crippen LogP contribution in [0.15, 0.2) is 71.2 Å². The number of para-hydroxylation sites is 2. The number of thiocarbonyl (C=S) groups is 1. The highest BCUT2D eigenvalue weighted by atomic mass is 35.5. The standard InChI is InChI=1S/C25H25ClN4O2S/c1-29-14-16-30(17-15-29)22-5-3-2-4-21(22)27-25(33)28-24(31)13-11-20-10-12-23(32-20)18-6-8-19(26)9-7-18/h2-13H,14-17H2,1H3,(H2,27,28,31,33). The molecule has 2 heterocycles. The van der Waals surface area contributed by atoms with E-state index in [0.29, 0.717) is 16.5 Å². The number of furan rings is 1. The summed E-state index contributed by atoms with van der Waals surface area (Å²) >= 11 is 11.3. The zero-order valence-corrected chi connectivity index (χ0v) is 19.8. The third kappa shape index (κ3) is 6.22. The maximum Gasteiger partial charge on any atom is 0.250 e. The van der Waals surface area contributed by atoms with Crippen molar-refractivity contribution in [2.24, 2.45) is 0 Å². The Morgan fingerprint density at radius 3 is 2.52 bits per heavy atom. The summed E-state index contributed by atoms with van der Waals surface area (Å²) < 4.78 is 5.78. The largest absolute Gasteiger partial charge is 0.457 e. The fraction of sp³-hybridized carbons (Fsp3) is 0.200. The van der Waals surface area contributed by atoms with E-state index in [4.69, 9.17) is 28.2 Å². The van der Waals surface area contributed by atoms with Crippen LogP contribution in [-0.4, -0.2) is 49.1 Å². The molecule has 33 heavy (non-hydrogen) atoms. The van der Waals surface area contributed by atoms with E-state index < -0.39 is 0 Å². The van der Waals surface area contributed by atoms with Crippen LogP contribution in [0.4, 0.5) is 11.4 Å². The second-order valence-corrected chi connectivity index (χ2v) is 8.64. The van der Waals surface area contributed by atoms with E-state index in [1.165, 1.54) is 6.08 Å². The first-order valence-corrected chi connectivity index (χ1v) is 11.4. The Bertz CT molecular complexity index is 1150. The fourth-order valence-electron chi connectivity index (χ4n) is 3.58. The number of hydrogen-bond acceptors (Lipinski definition) is 5. The fourth-order valence-corrected chi connectivity index (χ4v) is 3.92. The zero-order chi connectivity index (χ0) is 23.2. The molecule has 1 aliphatic heterocycles. The van der Waals surface area contributed by atoms with Gasteiger partial charge in [-0.3, -0.25) is 10.1 Å². The van der Waals surface area contributed by atoms with Crippen LogP contribution in [0.3, 0.4) is 0 Å². The van der Waals surface area contributed by atoms with Gasteiger partial charge in [-0.05, 0) is 73.9 Å². The maximum atomic E-state index is 12.4. The van der Waals surface area contributed by atoms with Crippen molar-refractivity contribution >= 4 is 52.3 Å². The lowest BCUT2D eigenvalue weighted by molar-refractivity contribution is -0.115. The summed E-state index contributed by atoms with van der Waals surface area (Å²) in [5.74, 6) is 0.924. The summed E-state index contributed by atoms with van der Waals surface area (Å²) in [6.45, 7) is 3.90. The van der Waals surface area contributed by atoms with Crippen molar-refractivity contribution in [3.05, 3.63) is 77.5 Å². The number of piperazine rings is 1. The highest BCUT2D eigenvalue weighted by Crippen LogP contribution is 2.27. The number of nitrogens with one attached hydrogen (secondary N) is 2. The van der Waals surface area contributed by atoms with Gasteiger partial charge in [0, 0.05) is 42.8 Å². The normalized spacial score (nSPS) is 14.4. The Morgan fingerprint density at radius 1 is 1.03 bits per heavy atom. The van der Waals surface area contributed by atoms with Gasteiger partial charge in [0.05, 0.1) is 11.4 Å². The first-order chi connectivity index (χ1) is 16.0. The van der Waals surface area contributed by atoms with Gasteiger partial charge in [0.1, 0.15) is 11.5 Å². The molecule has 0 aliphatic carbocycles. The molecular formula is C25H25ClN4O2S. The number of likely N-dealkylation sites (N-methyl/N-ethyl adjacent to an activating group) is 1. The molecule has 0 unspecified atom stereocenters. The molecule has 1 saturated heterocycles. The molecule has 1 amide bonds. The topological polar surface area (TPSA) is 60.8 Å². The van der Waals surface area contributed by atoms with Gasteiger partial charge in [0.25, 0.3) is 0 Å². The van der Waals surface area contributed by atoms with Crippen LogP contribution < -0.4 is 15.5 Å². The molecule has 0 radical (unpaired) electrons. The molecule has 1 fully saturated rings. The minimum atomic E-state index is -0.339. The summed E-state index contributed by atoms with van der Waals surface area (Å²) in [5, 5.41) is 6.75. The Kier molecular flexibility index (Phi) is 7.44. The monoisotopic (exact) mass is 480 g/mol. The van der Waals surface area contributed by atoms with Crippen molar-refractivity contribution in [1.29, 1.82) is 0 Å². The Hall–Kier alpha value is -3.13. The molecule has 8 heteroatoms. The van der Waals surface area contributed by atoms with Gasteiger partial charge in [-0.2, -0.15) is 0 Å². The van der Waals surface area contributed by atoms with Crippen molar-refractivity contribution in [3.63, 3.8) is 0 Å². The van der Waals surface area contributed by atoms with Crippen molar-refractivity contribution < 1.29 is 9.21 Å². The highest BCUT2D eigenvalue weighted by Gasteiger charge is 2.17. The number of nitrogens with zero attached hydrogens (tertiary/aromatic N) is 2. The van der Waals surface area contributed by atoms with Crippen LogP contribution in [0.5, 0.6) is 0 Å². The van der Waals surface area contributed by atoms with E-state index >= 15 is 0 Å². The van der Waals surface area contributed by atoms with Crippen LogP contribution in [-0.2, 0) is 4.79 Å². The van der Waals surface area contributed by atoms with Crippen molar-refractivity contribution in [2.45, 2.75) is 0 Å². The predicted molar refractivity (Wildman–Crippen MR) is 139 cm³/mol. The number of anilines is 2. The molecule has 170 valence electrons. The Balaban J connectivity index is 1.34. The molecule has 1 aromatic heterocycles. The molecule has 2 N–H and O–H groups in total. The summed E-state index contributed by atoms with van der Waals surface area (Å²) in [6.07, 6.45) is 3.00. The molecule has 3 aromatic rings. The smallest absolute Gasteiger partial charge is 0.250 e. The Morgan fingerprint density at radius 2 is 1.76 bits per heavy atom. The molecule has 0 atom stereocenters.